The highest BCUT2D eigenvalue weighted by molar-refractivity contribution is 6.07. The van der Waals surface area contributed by atoms with E-state index in [0.29, 0.717) is 5.52 Å². The Balaban J connectivity index is 1.91. The molecular formula is C26H20F3N3O7. The zero-order valence-electron chi connectivity index (χ0n) is 20.2. The van der Waals surface area contributed by atoms with Crippen LogP contribution in [0.2, 0.25) is 0 Å². The zero-order valence-corrected chi connectivity index (χ0v) is 20.2. The molecule has 2 aromatic heterocycles. The quantitative estimate of drug-likeness (QED) is 0.291. The molecule has 13 heteroatoms. The topological polar surface area (TPSA) is 143 Å². The fourth-order valence-corrected chi connectivity index (χ4v) is 3.99. The van der Waals surface area contributed by atoms with Gasteiger partial charge in [-0.2, -0.15) is 0 Å². The van der Waals surface area contributed by atoms with Gasteiger partial charge < -0.3 is 29.6 Å². The lowest BCUT2D eigenvalue weighted by Gasteiger charge is -2.13. The standard InChI is InChI=1S/C26H20F3N3O7/c1-2-37-25(36)22-18-12-16(38-24-17(23(30)35)4-3-11-31-24)9-10-19(18)32(20(22)13-21(33)34)14-5-7-15(8-6-14)39-26(27,28)29/h3-12H,2,13H2,1H3,(H2,30,35)(H,33,34). The summed E-state index contributed by atoms with van der Waals surface area (Å²) in [6.45, 7) is 1.57. The van der Waals surface area contributed by atoms with Crippen LogP contribution in [-0.2, 0) is 16.0 Å². The van der Waals surface area contributed by atoms with Crippen molar-refractivity contribution in [2.75, 3.05) is 6.61 Å². The summed E-state index contributed by atoms with van der Waals surface area (Å²) >= 11 is 0. The van der Waals surface area contributed by atoms with E-state index in [4.69, 9.17) is 15.2 Å². The van der Waals surface area contributed by atoms with Crippen molar-refractivity contribution < 1.29 is 46.9 Å². The number of hydrogen-bond donors (Lipinski definition) is 2. The van der Waals surface area contributed by atoms with E-state index in [1.165, 1.54) is 53.2 Å². The molecule has 0 fully saturated rings. The van der Waals surface area contributed by atoms with Crippen LogP contribution in [0.25, 0.3) is 16.6 Å². The smallest absolute Gasteiger partial charge is 0.481 e. The number of aromatic nitrogens is 2. The van der Waals surface area contributed by atoms with Crippen LogP contribution in [0.1, 0.15) is 33.3 Å². The number of amides is 1. The minimum atomic E-state index is -4.90. The number of primary amides is 1. The number of aliphatic carboxylic acids is 1. The third-order valence-corrected chi connectivity index (χ3v) is 5.41. The SMILES string of the molecule is CCOC(=O)c1c(CC(=O)O)n(-c2ccc(OC(F)(F)F)cc2)c2ccc(Oc3ncccc3C(N)=O)cc12. The number of alkyl halides is 3. The summed E-state index contributed by atoms with van der Waals surface area (Å²) in [5, 5.41) is 9.85. The molecule has 1 amide bonds. The van der Waals surface area contributed by atoms with Crippen molar-refractivity contribution in [3.05, 3.63) is 77.6 Å². The number of carbonyl (C=O) groups is 3. The second-order valence-corrected chi connectivity index (χ2v) is 7.99. The first-order valence-electron chi connectivity index (χ1n) is 11.3. The second-order valence-electron chi connectivity index (χ2n) is 7.99. The van der Waals surface area contributed by atoms with Crippen molar-refractivity contribution in [2.24, 2.45) is 5.73 Å². The molecule has 0 radical (unpaired) electrons. The summed E-state index contributed by atoms with van der Waals surface area (Å²) in [5.74, 6) is -3.29. The fraction of sp³-hybridized carbons (Fsp3) is 0.154. The minimum Gasteiger partial charge on any atom is -0.481 e. The molecule has 0 aliphatic heterocycles. The number of benzene rings is 2. The van der Waals surface area contributed by atoms with Gasteiger partial charge in [-0.1, -0.05) is 0 Å². The van der Waals surface area contributed by atoms with Crippen LogP contribution in [-0.4, -0.2) is 45.5 Å². The van der Waals surface area contributed by atoms with Gasteiger partial charge in [0.15, 0.2) is 0 Å². The number of esters is 1. The highest BCUT2D eigenvalue weighted by Crippen LogP contribution is 2.35. The summed E-state index contributed by atoms with van der Waals surface area (Å²) in [7, 11) is 0. The van der Waals surface area contributed by atoms with Crippen molar-refractivity contribution in [1.82, 2.24) is 9.55 Å². The van der Waals surface area contributed by atoms with Crippen LogP contribution in [0.3, 0.4) is 0 Å². The van der Waals surface area contributed by atoms with E-state index < -0.39 is 36.4 Å². The van der Waals surface area contributed by atoms with E-state index in [1.807, 2.05) is 0 Å². The number of carboxylic acids is 1. The van der Waals surface area contributed by atoms with Crippen molar-refractivity contribution >= 4 is 28.7 Å². The fourth-order valence-electron chi connectivity index (χ4n) is 3.99. The highest BCUT2D eigenvalue weighted by Gasteiger charge is 2.31. The average molecular weight is 543 g/mol. The molecule has 0 aliphatic rings. The van der Waals surface area contributed by atoms with Crippen LogP contribution in [0, 0.1) is 0 Å². The maximum absolute atomic E-state index is 13.0. The largest absolute Gasteiger partial charge is 0.573 e. The maximum atomic E-state index is 13.0. The number of carbonyl (C=O) groups excluding carboxylic acids is 2. The van der Waals surface area contributed by atoms with Gasteiger partial charge in [0, 0.05) is 23.0 Å². The molecule has 0 bridgehead atoms. The lowest BCUT2D eigenvalue weighted by molar-refractivity contribution is -0.274. The Morgan fingerprint density at radius 2 is 1.74 bits per heavy atom. The molecule has 202 valence electrons. The number of hydrogen-bond acceptors (Lipinski definition) is 7. The van der Waals surface area contributed by atoms with Gasteiger partial charge in [-0.3, -0.25) is 9.59 Å². The van der Waals surface area contributed by atoms with Crippen molar-refractivity contribution in [2.45, 2.75) is 19.7 Å². The molecule has 0 aliphatic carbocycles. The third kappa shape index (κ3) is 5.92. The first-order chi connectivity index (χ1) is 18.5. The van der Waals surface area contributed by atoms with Gasteiger partial charge in [0.05, 0.1) is 24.1 Å². The Bertz CT molecular complexity index is 1560. The molecule has 0 saturated carbocycles. The van der Waals surface area contributed by atoms with Gasteiger partial charge >= 0.3 is 18.3 Å². The predicted octanol–water partition coefficient (Wildman–Crippen LogP) is 4.62. The van der Waals surface area contributed by atoms with Gasteiger partial charge in [0.1, 0.15) is 17.1 Å². The molecule has 2 aromatic carbocycles. The van der Waals surface area contributed by atoms with E-state index in [9.17, 15) is 32.7 Å². The Kier molecular flexibility index (Phi) is 7.42. The molecule has 0 atom stereocenters. The number of fused-ring (bicyclic) bond motifs is 1. The molecule has 3 N–H and O–H groups in total. The van der Waals surface area contributed by atoms with E-state index in [-0.39, 0.29) is 46.1 Å². The summed E-state index contributed by atoms with van der Waals surface area (Å²) in [4.78, 5) is 40.6. The van der Waals surface area contributed by atoms with Gasteiger partial charge in [0.2, 0.25) is 5.88 Å². The van der Waals surface area contributed by atoms with Crippen LogP contribution < -0.4 is 15.2 Å². The average Bonchev–Trinajstić information content (AvgIpc) is 3.16. The zero-order chi connectivity index (χ0) is 28.3. The minimum absolute atomic E-state index is 0.00636. The number of rotatable bonds is 9. The number of pyridine rings is 1. The van der Waals surface area contributed by atoms with Crippen molar-refractivity contribution in [3.63, 3.8) is 0 Å². The Morgan fingerprint density at radius 1 is 1.05 bits per heavy atom. The molecule has 39 heavy (non-hydrogen) atoms. The monoisotopic (exact) mass is 543 g/mol. The molecule has 2 heterocycles. The molecule has 0 spiro atoms. The lowest BCUT2D eigenvalue weighted by Crippen LogP contribution is -2.17. The molecule has 0 saturated heterocycles. The van der Waals surface area contributed by atoms with Crippen molar-refractivity contribution in [3.8, 4) is 23.1 Å². The van der Waals surface area contributed by atoms with E-state index >= 15 is 0 Å². The van der Waals surface area contributed by atoms with E-state index in [0.717, 1.165) is 12.1 Å². The summed E-state index contributed by atoms with van der Waals surface area (Å²) in [6.07, 6.45) is -4.13. The van der Waals surface area contributed by atoms with Crippen LogP contribution in [0.5, 0.6) is 17.4 Å². The predicted molar refractivity (Wildman–Crippen MR) is 130 cm³/mol. The van der Waals surface area contributed by atoms with Crippen LogP contribution in [0.4, 0.5) is 13.2 Å². The lowest BCUT2D eigenvalue weighted by atomic mass is 10.1. The van der Waals surface area contributed by atoms with Crippen LogP contribution >= 0.6 is 0 Å². The van der Waals surface area contributed by atoms with Gasteiger partial charge in [0.25, 0.3) is 5.91 Å². The number of ether oxygens (including phenoxy) is 3. The molecular weight excluding hydrogens is 523 g/mol. The number of nitrogens with zero attached hydrogens (tertiary/aromatic N) is 2. The molecule has 0 unspecified atom stereocenters. The number of nitrogens with two attached hydrogens (primary N) is 1. The third-order valence-electron chi connectivity index (χ3n) is 5.41. The number of carboxylic acid groups (broad SMARTS) is 1. The first kappa shape index (κ1) is 27.0. The van der Waals surface area contributed by atoms with Crippen LogP contribution in [0.15, 0.2) is 60.8 Å². The first-order valence-corrected chi connectivity index (χ1v) is 11.3. The molecule has 4 rings (SSSR count). The summed E-state index contributed by atoms with van der Waals surface area (Å²) < 4.78 is 54.2. The van der Waals surface area contributed by atoms with E-state index in [2.05, 4.69) is 9.72 Å². The second kappa shape index (κ2) is 10.7. The van der Waals surface area contributed by atoms with E-state index in [1.54, 1.807) is 6.92 Å². The molecule has 4 aromatic rings. The highest BCUT2D eigenvalue weighted by atomic mass is 19.4. The van der Waals surface area contributed by atoms with Gasteiger partial charge in [-0.05, 0) is 61.5 Å². The number of halogens is 3. The molecule has 10 nitrogen and oxygen atoms in total. The Morgan fingerprint density at radius 3 is 2.36 bits per heavy atom. The van der Waals surface area contributed by atoms with Crippen molar-refractivity contribution in [1.29, 1.82) is 0 Å². The Hall–Kier alpha value is -5.07. The summed E-state index contributed by atoms with van der Waals surface area (Å²) in [5.41, 5.74) is 5.93. The van der Waals surface area contributed by atoms with Gasteiger partial charge in [-0.25, -0.2) is 9.78 Å². The summed E-state index contributed by atoms with van der Waals surface area (Å²) in [6, 6.07) is 12.1. The normalized spacial score (nSPS) is 11.3. The Labute approximate surface area is 218 Å². The maximum Gasteiger partial charge on any atom is 0.573 e. The van der Waals surface area contributed by atoms with Gasteiger partial charge in [-0.15, -0.1) is 13.2 Å².